The van der Waals surface area contributed by atoms with Crippen LogP contribution < -0.4 is 5.32 Å². The van der Waals surface area contributed by atoms with Crippen molar-refractivity contribution in [2.24, 2.45) is 5.92 Å². The SMILES string of the molecule is Cc1nc(NC[C@H]2CCN(C(=O)OC(C)(C)C)C2)cc(-n2c(C(F)F)nc3ccccc32)n1. The quantitative estimate of drug-likeness (QED) is 0.595. The third kappa shape index (κ3) is 5.20. The van der Waals surface area contributed by atoms with Crippen molar-refractivity contribution < 1.29 is 18.3 Å². The lowest BCUT2D eigenvalue weighted by atomic mass is 10.1. The van der Waals surface area contributed by atoms with E-state index < -0.39 is 12.0 Å². The Bertz CT molecular complexity index is 1160. The first-order valence-electron chi connectivity index (χ1n) is 10.9. The summed E-state index contributed by atoms with van der Waals surface area (Å²) in [4.78, 5) is 26.9. The van der Waals surface area contributed by atoms with Gasteiger partial charge in [0.25, 0.3) is 6.43 Å². The zero-order valence-corrected chi connectivity index (χ0v) is 19.2. The Balaban J connectivity index is 1.50. The Kier molecular flexibility index (Phi) is 6.18. The van der Waals surface area contributed by atoms with Gasteiger partial charge in [-0.1, -0.05) is 12.1 Å². The first kappa shape index (κ1) is 22.9. The number of alkyl halides is 2. The van der Waals surface area contributed by atoms with Crippen LogP contribution in [-0.2, 0) is 4.74 Å². The fourth-order valence-electron chi connectivity index (χ4n) is 3.93. The van der Waals surface area contributed by atoms with Crippen molar-refractivity contribution in [2.75, 3.05) is 25.0 Å². The van der Waals surface area contributed by atoms with Gasteiger partial charge in [-0.3, -0.25) is 4.57 Å². The van der Waals surface area contributed by atoms with Gasteiger partial charge in [0, 0.05) is 25.7 Å². The summed E-state index contributed by atoms with van der Waals surface area (Å²) in [6.45, 7) is 9.06. The van der Waals surface area contributed by atoms with Crippen molar-refractivity contribution in [3.8, 4) is 5.82 Å². The molecule has 0 unspecified atom stereocenters. The van der Waals surface area contributed by atoms with Crippen molar-refractivity contribution >= 4 is 22.9 Å². The molecule has 3 heterocycles. The predicted molar refractivity (Wildman–Crippen MR) is 121 cm³/mol. The number of amides is 1. The molecule has 0 bridgehead atoms. The Hall–Kier alpha value is -3.30. The molecule has 1 atom stereocenters. The normalized spacial score (nSPS) is 16.6. The number of carbonyl (C=O) groups excluding carboxylic acids is 1. The summed E-state index contributed by atoms with van der Waals surface area (Å²) >= 11 is 0. The van der Waals surface area contributed by atoms with Crippen LogP contribution in [0.5, 0.6) is 0 Å². The number of aryl methyl sites for hydroxylation is 1. The van der Waals surface area contributed by atoms with Crippen LogP contribution in [0.4, 0.5) is 19.4 Å². The minimum Gasteiger partial charge on any atom is -0.444 e. The van der Waals surface area contributed by atoms with Crippen molar-refractivity contribution in [2.45, 2.75) is 46.1 Å². The van der Waals surface area contributed by atoms with Gasteiger partial charge in [0.05, 0.1) is 11.0 Å². The molecule has 0 aliphatic carbocycles. The summed E-state index contributed by atoms with van der Waals surface area (Å²) in [5.74, 6) is 1.18. The molecule has 1 aromatic carbocycles. The molecule has 1 aliphatic heterocycles. The van der Waals surface area contributed by atoms with Crippen LogP contribution in [0.15, 0.2) is 30.3 Å². The lowest BCUT2D eigenvalue weighted by Gasteiger charge is -2.24. The number of carbonyl (C=O) groups is 1. The molecule has 176 valence electrons. The highest BCUT2D eigenvalue weighted by Gasteiger charge is 2.29. The molecule has 0 saturated carbocycles. The Labute approximate surface area is 191 Å². The number of nitrogens with one attached hydrogen (secondary N) is 1. The maximum Gasteiger partial charge on any atom is 0.410 e. The molecular formula is C23H28F2N6O2. The van der Waals surface area contributed by atoms with E-state index in [1.165, 1.54) is 4.57 Å². The molecule has 0 spiro atoms. The molecule has 4 rings (SSSR count). The van der Waals surface area contributed by atoms with Crippen LogP contribution in [0.1, 0.15) is 45.3 Å². The molecule has 8 nitrogen and oxygen atoms in total. The molecule has 2 aromatic heterocycles. The van der Waals surface area contributed by atoms with Crippen molar-refractivity contribution in [3.05, 3.63) is 42.0 Å². The fourth-order valence-corrected chi connectivity index (χ4v) is 3.93. The number of rotatable bonds is 5. The van der Waals surface area contributed by atoms with Gasteiger partial charge in [-0.2, -0.15) is 0 Å². The third-order valence-electron chi connectivity index (χ3n) is 5.34. The summed E-state index contributed by atoms with van der Waals surface area (Å²) < 4.78 is 34.3. The molecule has 3 aromatic rings. The molecule has 1 fully saturated rings. The highest BCUT2D eigenvalue weighted by Crippen LogP contribution is 2.28. The Morgan fingerprint density at radius 2 is 2.00 bits per heavy atom. The first-order valence-corrected chi connectivity index (χ1v) is 10.9. The van der Waals surface area contributed by atoms with Crippen molar-refractivity contribution in [1.82, 2.24) is 24.4 Å². The average Bonchev–Trinajstić information content (AvgIpc) is 3.35. The summed E-state index contributed by atoms with van der Waals surface area (Å²) in [7, 11) is 0. The van der Waals surface area contributed by atoms with E-state index in [1.807, 2.05) is 20.8 Å². The molecule has 1 amide bonds. The van der Waals surface area contributed by atoms with E-state index in [0.29, 0.717) is 48.1 Å². The highest BCUT2D eigenvalue weighted by molar-refractivity contribution is 5.78. The smallest absolute Gasteiger partial charge is 0.410 e. The Morgan fingerprint density at radius 3 is 2.73 bits per heavy atom. The number of halogens is 2. The number of nitrogens with zero attached hydrogens (tertiary/aromatic N) is 5. The summed E-state index contributed by atoms with van der Waals surface area (Å²) in [5, 5.41) is 3.28. The number of anilines is 1. The van der Waals surface area contributed by atoms with Crippen molar-refractivity contribution in [1.29, 1.82) is 0 Å². The molecule has 1 aliphatic rings. The lowest BCUT2D eigenvalue weighted by molar-refractivity contribution is 0.0289. The third-order valence-corrected chi connectivity index (χ3v) is 5.34. The van der Waals surface area contributed by atoms with Crippen LogP contribution in [0.25, 0.3) is 16.9 Å². The monoisotopic (exact) mass is 458 g/mol. The molecule has 1 saturated heterocycles. The fraction of sp³-hybridized carbons (Fsp3) is 0.478. The van der Waals surface area contributed by atoms with Crippen LogP contribution in [-0.4, -0.2) is 55.7 Å². The zero-order valence-electron chi connectivity index (χ0n) is 19.2. The van der Waals surface area contributed by atoms with Gasteiger partial charge in [0.15, 0.2) is 5.82 Å². The maximum absolute atomic E-state index is 13.7. The lowest BCUT2D eigenvalue weighted by Crippen LogP contribution is -2.35. The average molecular weight is 459 g/mol. The second-order valence-corrected chi connectivity index (χ2v) is 9.22. The summed E-state index contributed by atoms with van der Waals surface area (Å²) in [6.07, 6.45) is -2.22. The standard InChI is InChI=1S/C23H28F2N6O2/c1-14-27-18(26-12-15-9-10-30(13-15)22(32)33-23(2,3)4)11-19(28-14)31-17-8-6-5-7-16(17)29-21(31)20(24)25/h5-8,11,15,20H,9-10,12-13H2,1-4H3,(H,26,27,28)/t15-/m1/s1. The van der Waals surface area contributed by atoms with Crippen LogP contribution in [0.2, 0.25) is 0 Å². The van der Waals surface area contributed by atoms with Gasteiger partial charge in [-0.25, -0.2) is 28.5 Å². The van der Waals surface area contributed by atoms with E-state index in [4.69, 9.17) is 4.74 Å². The van der Waals surface area contributed by atoms with Gasteiger partial charge >= 0.3 is 6.09 Å². The van der Waals surface area contributed by atoms with E-state index in [1.54, 1.807) is 42.2 Å². The molecule has 0 radical (unpaired) electrons. The van der Waals surface area contributed by atoms with Crippen LogP contribution >= 0.6 is 0 Å². The number of fused-ring (bicyclic) bond motifs is 1. The summed E-state index contributed by atoms with van der Waals surface area (Å²) in [6, 6.07) is 8.62. The molecular weight excluding hydrogens is 430 g/mol. The number of hydrogen-bond donors (Lipinski definition) is 1. The number of likely N-dealkylation sites (tertiary alicyclic amines) is 1. The number of hydrogen-bond acceptors (Lipinski definition) is 6. The van der Waals surface area contributed by atoms with E-state index in [-0.39, 0.29) is 17.8 Å². The van der Waals surface area contributed by atoms with Gasteiger partial charge in [0.2, 0.25) is 0 Å². The maximum atomic E-state index is 13.7. The Morgan fingerprint density at radius 1 is 1.24 bits per heavy atom. The zero-order chi connectivity index (χ0) is 23.8. The number of aromatic nitrogens is 4. The minimum atomic E-state index is -2.75. The second kappa shape index (κ2) is 8.92. The van der Waals surface area contributed by atoms with Crippen LogP contribution in [0.3, 0.4) is 0 Å². The highest BCUT2D eigenvalue weighted by atomic mass is 19.3. The van der Waals surface area contributed by atoms with Gasteiger partial charge in [-0.15, -0.1) is 0 Å². The summed E-state index contributed by atoms with van der Waals surface area (Å²) in [5.41, 5.74) is 0.504. The van der Waals surface area contributed by atoms with E-state index in [9.17, 15) is 13.6 Å². The van der Waals surface area contributed by atoms with E-state index in [2.05, 4.69) is 20.3 Å². The van der Waals surface area contributed by atoms with Crippen LogP contribution in [0, 0.1) is 12.8 Å². The second-order valence-electron chi connectivity index (χ2n) is 9.22. The topological polar surface area (TPSA) is 85.2 Å². The molecule has 1 N–H and O–H groups in total. The minimum absolute atomic E-state index is 0.224. The number of para-hydroxylation sites is 2. The van der Waals surface area contributed by atoms with E-state index >= 15 is 0 Å². The predicted octanol–water partition coefficient (Wildman–Crippen LogP) is 4.73. The number of ether oxygens (including phenoxy) is 1. The number of benzene rings is 1. The van der Waals surface area contributed by atoms with Crippen molar-refractivity contribution in [3.63, 3.8) is 0 Å². The number of imidazole rings is 1. The van der Waals surface area contributed by atoms with Gasteiger partial charge in [0.1, 0.15) is 23.1 Å². The van der Waals surface area contributed by atoms with E-state index in [0.717, 1.165) is 6.42 Å². The largest absolute Gasteiger partial charge is 0.444 e. The first-order chi connectivity index (χ1) is 15.6. The van der Waals surface area contributed by atoms with Gasteiger partial charge < -0.3 is 15.0 Å². The molecule has 33 heavy (non-hydrogen) atoms. The van der Waals surface area contributed by atoms with Gasteiger partial charge in [-0.05, 0) is 52.2 Å². The molecule has 10 heteroatoms.